The van der Waals surface area contributed by atoms with Crippen molar-refractivity contribution in [3.8, 4) is 0 Å². The molecule has 0 aliphatic rings. The summed E-state index contributed by atoms with van der Waals surface area (Å²) < 4.78 is 26.7. The first-order valence-electron chi connectivity index (χ1n) is 5.76. The zero-order chi connectivity index (χ0) is 15.6. The molecule has 0 unspecified atom stereocenters. The highest BCUT2D eigenvalue weighted by Gasteiger charge is 2.17. The molecule has 1 aromatic heterocycles. The molecule has 0 radical (unpaired) electrons. The summed E-state index contributed by atoms with van der Waals surface area (Å²) in [5.74, 6) is -1.36. The molecule has 0 bridgehead atoms. The van der Waals surface area contributed by atoms with Gasteiger partial charge in [-0.2, -0.15) is 0 Å². The molecule has 1 aromatic carbocycles. The number of carboxylic acid groups (broad SMARTS) is 1. The van der Waals surface area contributed by atoms with Gasteiger partial charge in [0.25, 0.3) is 10.0 Å². The average molecular weight is 325 g/mol. The third-order valence-corrected chi connectivity index (χ3v) is 5.08. The van der Waals surface area contributed by atoms with E-state index in [1.165, 1.54) is 43.3 Å². The monoisotopic (exact) mass is 325 g/mol. The number of anilines is 1. The van der Waals surface area contributed by atoms with Gasteiger partial charge in [-0.05, 0) is 31.2 Å². The molecule has 0 aliphatic carbocycles. The largest absolute Gasteiger partial charge is 0.477 e. The van der Waals surface area contributed by atoms with Crippen molar-refractivity contribution >= 4 is 38.1 Å². The van der Waals surface area contributed by atoms with Gasteiger partial charge in [0.1, 0.15) is 9.88 Å². The molecule has 6 nitrogen and oxygen atoms in total. The minimum absolute atomic E-state index is 0.0326. The lowest BCUT2D eigenvalue weighted by atomic mass is 10.2. The van der Waals surface area contributed by atoms with E-state index in [9.17, 15) is 18.0 Å². The molecule has 1 heterocycles. The van der Waals surface area contributed by atoms with Gasteiger partial charge in [-0.3, -0.25) is 9.52 Å². The van der Waals surface area contributed by atoms with Crippen LogP contribution in [0.2, 0.25) is 0 Å². The fraction of sp³-hybridized carbons (Fsp3) is 0.0769. The van der Waals surface area contributed by atoms with Gasteiger partial charge in [0.2, 0.25) is 0 Å². The van der Waals surface area contributed by atoms with E-state index in [0.717, 1.165) is 11.3 Å². The van der Waals surface area contributed by atoms with E-state index in [1.54, 1.807) is 0 Å². The number of sulfonamides is 1. The van der Waals surface area contributed by atoms with E-state index >= 15 is 0 Å². The number of carboxylic acids is 1. The Hall–Kier alpha value is -2.19. The van der Waals surface area contributed by atoms with Crippen molar-refractivity contribution < 1.29 is 23.1 Å². The first-order valence-corrected chi connectivity index (χ1v) is 8.06. The number of thiophene rings is 1. The highest BCUT2D eigenvalue weighted by molar-refractivity contribution is 7.93. The summed E-state index contributed by atoms with van der Waals surface area (Å²) in [4.78, 5) is 22.0. The van der Waals surface area contributed by atoms with Gasteiger partial charge in [0.05, 0.1) is 4.90 Å². The molecule has 0 aliphatic heterocycles. The molecule has 0 fully saturated rings. The van der Waals surface area contributed by atoms with Crippen LogP contribution >= 0.6 is 11.3 Å². The molecule has 8 heteroatoms. The Morgan fingerprint density at radius 1 is 1.19 bits per heavy atom. The highest BCUT2D eigenvalue weighted by atomic mass is 32.2. The summed E-state index contributed by atoms with van der Waals surface area (Å²) in [6, 6.07) is 8.33. The number of Topliss-reactive ketones (excluding diaryl/α,β-unsaturated/α-hetero) is 1. The number of hydrogen-bond acceptors (Lipinski definition) is 5. The van der Waals surface area contributed by atoms with Crippen molar-refractivity contribution in [2.45, 2.75) is 11.8 Å². The van der Waals surface area contributed by atoms with Crippen molar-refractivity contribution in [2.24, 2.45) is 0 Å². The zero-order valence-corrected chi connectivity index (χ0v) is 12.5. The van der Waals surface area contributed by atoms with Crippen LogP contribution in [0, 0.1) is 0 Å². The maximum atomic E-state index is 12.2. The number of rotatable bonds is 5. The second-order valence-electron chi connectivity index (χ2n) is 4.16. The van der Waals surface area contributed by atoms with Gasteiger partial charge in [0.15, 0.2) is 5.78 Å². The molecular weight excluding hydrogens is 314 g/mol. The molecular formula is C13H11NO5S2. The van der Waals surface area contributed by atoms with E-state index < -0.39 is 16.0 Å². The number of aromatic carboxylic acids is 1. The van der Waals surface area contributed by atoms with Crippen LogP contribution in [0.15, 0.2) is 41.3 Å². The summed E-state index contributed by atoms with van der Waals surface area (Å²) >= 11 is 0.816. The summed E-state index contributed by atoms with van der Waals surface area (Å²) in [5.41, 5.74) is 0.287. The van der Waals surface area contributed by atoms with Crippen molar-refractivity contribution in [1.82, 2.24) is 0 Å². The van der Waals surface area contributed by atoms with Gasteiger partial charge in [-0.25, -0.2) is 13.2 Å². The molecule has 0 amide bonds. The number of carbonyl (C=O) groups is 2. The molecule has 2 N–H and O–H groups in total. The quantitative estimate of drug-likeness (QED) is 0.822. The average Bonchev–Trinajstić information content (AvgIpc) is 2.87. The summed E-state index contributed by atoms with van der Waals surface area (Å²) in [6.45, 7) is 1.34. The van der Waals surface area contributed by atoms with E-state index in [4.69, 9.17) is 5.11 Å². The predicted molar refractivity (Wildman–Crippen MR) is 78.5 cm³/mol. The number of hydrogen-bond donors (Lipinski definition) is 2. The molecule has 2 aromatic rings. The fourth-order valence-electron chi connectivity index (χ4n) is 1.58. The van der Waals surface area contributed by atoms with Gasteiger partial charge in [0, 0.05) is 5.56 Å². The summed E-state index contributed by atoms with van der Waals surface area (Å²) in [6.07, 6.45) is 0. The second kappa shape index (κ2) is 5.66. The number of carbonyl (C=O) groups excluding carboxylic acids is 1. The standard InChI is InChI=1S/C13H11NO5S2/c1-8(15)9-3-2-4-10(7-9)21(18,19)14-12-6-5-11(20-12)13(16)17/h2-7,14H,1H3,(H,16,17). The Morgan fingerprint density at radius 2 is 1.90 bits per heavy atom. The van der Waals surface area contributed by atoms with Crippen LogP contribution in [0.1, 0.15) is 27.0 Å². The molecule has 0 spiro atoms. The normalized spacial score (nSPS) is 11.1. The van der Waals surface area contributed by atoms with E-state index in [1.807, 2.05) is 0 Å². The van der Waals surface area contributed by atoms with E-state index in [0.29, 0.717) is 0 Å². The second-order valence-corrected chi connectivity index (χ2v) is 6.92. The molecule has 0 saturated heterocycles. The molecule has 110 valence electrons. The zero-order valence-electron chi connectivity index (χ0n) is 10.9. The third kappa shape index (κ3) is 3.47. The van der Waals surface area contributed by atoms with Gasteiger partial charge >= 0.3 is 5.97 Å². The van der Waals surface area contributed by atoms with Crippen LogP contribution in [-0.4, -0.2) is 25.3 Å². The first-order chi connectivity index (χ1) is 9.79. The van der Waals surface area contributed by atoms with Crippen molar-refractivity contribution in [2.75, 3.05) is 4.72 Å². The number of nitrogens with one attached hydrogen (secondary N) is 1. The van der Waals surface area contributed by atoms with Crippen molar-refractivity contribution in [1.29, 1.82) is 0 Å². The highest BCUT2D eigenvalue weighted by Crippen LogP contribution is 2.25. The van der Waals surface area contributed by atoms with Crippen molar-refractivity contribution in [3.63, 3.8) is 0 Å². The smallest absolute Gasteiger partial charge is 0.345 e. The third-order valence-electron chi connectivity index (χ3n) is 2.60. The Kier molecular flexibility index (Phi) is 4.10. The fourth-order valence-corrected chi connectivity index (χ4v) is 3.66. The van der Waals surface area contributed by atoms with Crippen LogP contribution in [0.5, 0.6) is 0 Å². The van der Waals surface area contributed by atoms with Gasteiger partial charge < -0.3 is 5.11 Å². The summed E-state index contributed by atoms with van der Waals surface area (Å²) in [5, 5.41) is 9.00. The predicted octanol–water partition coefficient (Wildman–Crippen LogP) is 2.45. The molecule has 2 rings (SSSR count). The van der Waals surface area contributed by atoms with E-state index in [-0.39, 0.29) is 26.1 Å². The number of benzene rings is 1. The van der Waals surface area contributed by atoms with E-state index in [2.05, 4.69) is 4.72 Å². The van der Waals surface area contributed by atoms with Gasteiger partial charge in [-0.1, -0.05) is 12.1 Å². The molecule has 21 heavy (non-hydrogen) atoms. The first kappa shape index (κ1) is 15.2. The summed E-state index contributed by atoms with van der Waals surface area (Å²) in [7, 11) is -3.87. The lowest BCUT2D eigenvalue weighted by Crippen LogP contribution is -2.12. The van der Waals surface area contributed by atoms with Crippen molar-refractivity contribution in [3.05, 3.63) is 46.8 Å². The maximum Gasteiger partial charge on any atom is 0.345 e. The number of ketones is 1. The molecule has 0 saturated carbocycles. The SMILES string of the molecule is CC(=O)c1cccc(S(=O)(=O)Nc2ccc(C(=O)O)s2)c1. The Bertz CT molecular complexity index is 807. The van der Waals surface area contributed by atoms with Crippen LogP contribution in [-0.2, 0) is 10.0 Å². The van der Waals surface area contributed by atoms with Gasteiger partial charge in [-0.15, -0.1) is 11.3 Å². The minimum atomic E-state index is -3.87. The van der Waals surface area contributed by atoms with Crippen LogP contribution in [0.3, 0.4) is 0 Å². The Labute approximate surface area is 125 Å². The lowest BCUT2D eigenvalue weighted by molar-refractivity contribution is 0.0702. The Morgan fingerprint density at radius 3 is 2.48 bits per heavy atom. The Balaban J connectivity index is 2.31. The molecule has 0 atom stereocenters. The topological polar surface area (TPSA) is 101 Å². The van der Waals surface area contributed by atoms with Crippen LogP contribution in [0.25, 0.3) is 0 Å². The maximum absolute atomic E-state index is 12.2. The van der Waals surface area contributed by atoms with Crippen LogP contribution in [0.4, 0.5) is 5.00 Å². The lowest BCUT2D eigenvalue weighted by Gasteiger charge is -2.06. The minimum Gasteiger partial charge on any atom is -0.477 e. The van der Waals surface area contributed by atoms with Crippen LogP contribution < -0.4 is 4.72 Å².